The van der Waals surface area contributed by atoms with Crippen molar-refractivity contribution in [3.8, 4) is 0 Å². The molecule has 0 atom stereocenters. The van der Waals surface area contributed by atoms with Crippen LogP contribution >= 0.6 is 23.1 Å². The molecule has 0 aliphatic carbocycles. The van der Waals surface area contributed by atoms with Crippen LogP contribution in [0.25, 0.3) is 0 Å². The zero-order chi connectivity index (χ0) is 13.7. The van der Waals surface area contributed by atoms with E-state index in [0.717, 1.165) is 28.1 Å². The average Bonchev–Trinajstić information content (AvgIpc) is 2.77. The zero-order valence-electron chi connectivity index (χ0n) is 11.5. The molecule has 0 aromatic carbocycles. The molecule has 2 aromatic rings. The van der Waals surface area contributed by atoms with Gasteiger partial charge in [-0.25, -0.2) is 9.97 Å². The maximum atomic E-state index is 4.48. The number of nitrogens with zero attached hydrogens (tertiary/aromatic N) is 2. The first-order valence-corrected chi connectivity index (χ1v) is 8.09. The smallest absolute Gasteiger partial charge is 0.156 e. The van der Waals surface area contributed by atoms with Gasteiger partial charge in [-0.1, -0.05) is 19.9 Å². The number of rotatable bonds is 6. The molecule has 0 saturated heterocycles. The van der Waals surface area contributed by atoms with Crippen molar-refractivity contribution in [1.29, 1.82) is 0 Å². The maximum Gasteiger partial charge on any atom is 0.156 e. The van der Waals surface area contributed by atoms with Crippen LogP contribution in [0.3, 0.4) is 0 Å². The van der Waals surface area contributed by atoms with Gasteiger partial charge < -0.3 is 5.32 Å². The second-order valence-electron chi connectivity index (χ2n) is 4.85. The number of hydrogen-bond acceptors (Lipinski definition) is 5. The lowest BCUT2D eigenvalue weighted by atomic mass is 10.2. The summed E-state index contributed by atoms with van der Waals surface area (Å²) >= 11 is 3.32. The molecule has 5 heteroatoms. The summed E-state index contributed by atoms with van der Waals surface area (Å²) in [6.07, 6.45) is 1.84. The molecule has 0 spiro atoms. The van der Waals surface area contributed by atoms with Crippen LogP contribution < -0.4 is 5.32 Å². The molecule has 3 nitrogen and oxygen atoms in total. The highest BCUT2D eigenvalue weighted by atomic mass is 32.2. The molecule has 102 valence electrons. The quantitative estimate of drug-likeness (QED) is 0.880. The van der Waals surface area contributed by atoms with Crippen molar-refractivity contribution in [3.05, 3.63) is 35.0 Å². The van der Waals surface area contributed by atoms with E-state index in [2.05, 4.69) is 40.6 Å². The van der Waals surface area contributed by atoms with Crippen molar-refractivity contribution in [2.24, 2.45) is 5.92 Å². The van der Waals surface area contributed by atoms with Crippen molar-refractivity contribution in [2.75, 3.05) is 6.54 Å². The number of thiazole rings is 1. The van der Waals surface area contributed by atoms with E-state index in [9.17, 15) is 0 Å². The molecule has 1 N–H and O–H groups in total. The Labute approximate surface area is 122 Å². The third-order valence-corrected chi connectivity index (χ3v) is 4.62. The first-order chi connectivity index (χ1) is 9.15. The number of aromatic nitrogens is 2. The lowest BCUT2D eigenvalue weighted by Crippen LogP contribution is -2.19. The molecule has 0 amide bonds. The fourth-order valence-corrected chi connectivity index (χ4v) is 3.44. The Morgan fingerprint density at radius 3 is 2.95 bits per heavy atom. The zero-order valence-corrected chi connectivity index (χ0v) is 13.1. The van der Waals surface area contributed by atoms with Crippen molar-refractivity contribution in [1.82, 2.24) is 15.3 Å². The van der Waals surface area contributed by atoms with E-state index in [-0.39, 0.29) is 0 Å². The maximum absolute atomic E-state index is 4.48. The van der Waals surface area contributed by atoms with Gasteiger partial charge >= 0.3 is 0 Å². The highest BCUT2D eigenvalue weighted by Gasteiger charge is 2.08. The lowest BCUT2D eigenvalue weighted by Gasteiger charge is -2.09. The number of hydrogen-bond donors (Lipinski definition) is 1. The molecular weight excluding hydrogens is 274 g/mol. The predicted molar refractivity (Wildman–Crippen MR) is 81.8 cm³/mol. The summed E-state index contributed by atoms with van der Waals surface area (Å²) in [5.74, 6) is 0.661. The Bertz CT molecular complexity index is 523. The lowest BCUT2D eigenvalue weighted by molar-refractivity contribution is 0.549. The molecule has 0 bridgehead atoms. The predicted octanol–water partition coefficient (Wildman–Crippen LogP) is 3.74. The Balaban J connectivity index is 2.03. The Morgan fingerprint density at radius 1 is 1.42 bits per heavy atom. The minimum absolute atomic E-state index is 0.661. The fourth-order valence-electron chi connectivity index (χ4n) is 1.61. The number of nitrogens with one attached hydrogen (secondary N) is 1. The van der Waals surface area contributed by atoms with Crippen LogP contribution in [0.5, 0.6) is 0 Å². The minimum Gasteiger partial charge on any atom is -0.312 e. The van der Waals surface area contributed by atoms with Gasteiger partial charge in [0.15, 0.2) is 4.34 Å². The van der Waals surface area contributed by atoms with Crippen molar-refractivity contribution < 1.29 is 0 Å². The largest absolute Gasteiger partial charge is 0.312 e. The Kier molecular flexibility index (Phi) is 5.36. The molecule has 0 aliphatic heterocycles. The molecule has 0 unspecified atom stereocenters. The minimum atomic E-state index is 0.661. The summed E-state index contributed by atoms with van der Waals surface area (Å²) in [7, 11) is 0. The number of pyridine rings is 1. The number of aryl methyl sites for hydroxylation is 1. The second kappa shape index (κ2) is 7.03. The van der Waals surface area contributed by atoms with Gasteiger partial charge in [-0.15, -0.1) is 11.3 Å². The molecule has 2 heterocycles. The summed E-state index contributed by atoms with van der Waals surface area (Å²) < 4.78 is 1.06. The molecule has 0 aliphatic rings. The van der Waals surface area contributed by atoms with Gasteiger partial charge in [0.05, 0.1) is 0 Å². The van der Waals surface area contributed by atoms with Crippen LogP contribution in [0.15, 0.2) is 33.1 Å². The van der Waals surface area contributed by atoms with Gasteiger partial charge in [-0.2, -0.15) is 0 Å². The van der Waals surface area contributed by atoms with Crippen LogP contribution in [0.1, 0.15) is 25.1 Å². The third kappa shape index (κ3) is 4.60. The fraction of sp³-hybridized carbons (Fsp3) is 0.429. The van der Waals surface area contributed by atoms with Crippen LogP contribution in [0, 0.1) is 12.8 Å². The van der Waals surface area contributed by atoms with Crippen LogP contribution in [0.4, 0.5) is 0 Å². The molecule has 0 fully saturated rings. The van der Waals surface area contributed by atoms with E-state index in [0.29, 0.717) is 5.92 Å². The van der Waals surface area contributed by atoms with Crippen molar-refractivity contribution in [3.63, 3.8) is 0 Å². The van der Waals surface area contributed by atoms with E-state index >= 15 is 0 Å². The van der Waals surface area contributed by atoms with Crippen LogP contribution in [0.2, 0.25) is 0 Å². The van der Waals surface area contributed by atoms with Crippen molar-refractivity contribution in [2.45, 2.75) is 36.7 Å². The summed E-state index contributed by atoms with van der Waals surface area (Å²) in [6.45, 7) is 8.33. The first kappa shape index (κ1) is 14.5. The van der Waals surface area contributed by atoms with E-state index in [1.165, 1.54) is 5.56 Å². The molecule has 2 rings (SSSR count). The van der Waals surface area contributed by atoms with Gasteiger partial charge in [0, 0.05) is 23.8 Å². The normalized spacial score (nSPS) is 11.2. The molecule has 0 radical (unpaired) electrons. The van der Waals surface area contributed by atoms with Crippen LogP contribution in [-0.4, -0.2) is 16.5 Å². The standard InChI is InChI=1S/C14H19N3S2/c1-10(2)7-15-8-12-5-4-6-16-13(12)19-14-17-11(3)9-18-14/h4-6,9-10,15H,7-8H2,1-3H3. The summed E-state index contributed by atoms with van der Waals surface area (Å²) in [6, 6.07) is 4.12. The molecule has 2 aromatic heterocycles. The summed E-state index contributed by atoms with van der Waals surface area (Å²) in [5, 5.41) is 6.58. The van der Waals surface area contributed by atoms with Gasteiger partial charge in [0.2, 0.25) is 0 Å². The van der Waals surface area contributed by atoms with E-state index in [4.69, 9.17) is 0 Å². The second-order valence-corrected chi connectivity index (χ2v) is 6.94. The van der Waals surface area contributed by atoms with Crippen LogP contribution in [-0.2, 0) is 6.54 Å². The highest BCUT2D eigenvalue weighted by Crippen LogP contribution is 2.30. The Hall–Kier alpha value is -0.910. The summed E-state index contributed by atoms with van der Waals surface area (Å²) in [4.78, 5) is 8.95. The van der Waals surface area contributed by atoms with Gasteiger partial charge in [-0.05, 0) is 42.8 Å². The van der Waals surface area contributed by atoms with Gasteiger partial charge in [0.1, 0.15) is 5.03 Å². The molecular formula is C14H19N3S2. The average molecular weight is 293 g/mol. The molecule has 19 heavy (non-hydrogen) atoms. The van der Waals surface area contributed by atoms with E-state index < -0.39 is 0 Å². The van der Waals surface area contributed by atoms with E-state index in [1.54, 1.807) is 23.1 Å². The molecule has 0 saturated carbocycles. The van der Waals surface area contributed by atoms with E-state index in [1.807, 2.05) is 19.2 Å². The topological polar surface area (TPSA) is 37.8 Å². The first-order valence-electron chi connectivity index (χ1n) is 6.39. The third-order valence-electron chi connectivity index (χ3n) is 2.50. The Morgan fingerprint density at radius 2 is 2.26 bits per heavy atom. The van der Waals surface area contributed by atoms with Crippen molar-refractivity contribution >= 4 is 23.1 Å². The van der Waals surface area contributed by atoms with Gasteiger partial charge in [0.25, 0.3) is 0 Å². The van der Waals surface area contributed by atoms with Gasteiger partial charge in [-0.3, -0.25) is 0 Å². The monoisotopic (exact) mass is 293 g/mol. The highest BCUT2D eigenvalue weighted by molar-refractivity contribution is 8.01. The summed E-state index contributed by atoms with van der Waals surface area (Å²) in [5.41, 5.74) is 2.31. The SMILES string of the molecule is Cc1csc(Sc2ncccc2CNCC(C)C)n1.